The topological polar surface area (TPSA) is 84.2 Å². The van der Waals surface area contributed by atoms with Gasteiger partial charge in [0.15, 0.2) is 0 Å². The molecular formula is C12H19N3O3. The summed E-state index contributed by atoms with van der Waals surface area (Å²) in [5.41, 5.74) is 0.296. The number of aliphatic hydroxyl groups excluding tert-OH is 1. The van der Waals surface area contributed by atoms with Gasteiger partial charge in [-0.2, -0.15) is 5.10 Å². The van der Waals surface area contributed by atoms with Crippen LogP contribution in [-0.4, -0.2) is 39.7 Å². The first-order valence-electron chi connectivity index (χ1n) is 6.04. The Balaban J connectivity index is 2.48. The molecule has 100 valence electrons. The Hall–Kier alpha value is -1.69. The average molecular weight is 253 g/mol. The molecule has 0 fully saturated rings. The van der Waals surface area contributed by atoms with Crippen molar-refractivity contribution in [2.75, 3.05) is 13.2 Å². The van der Waals surface area contributed by atoms with Crippen LogP contribution in [0.15, 0.2) is 12.4 Å². The molecule has 0 spiro atoms. The standard InChI is InChI=1S/C12H19N3O3/c1-3-15-8-10(7-14-15)11(17)12(18)13-6-9(2)4-5-16/h7-9,16H,3-6H2,1-2H3,(H,13,18). The van der Waals surface area contributed by atoms with E-state index in [9.17, 15) is 9.59 Å². The number of rotatable bonds is 7. The SMILES string of the molecule is CCn1cc(C(=O)C(=O)NCC(C)CCO)cn1. The largest absolute Gasteiger partial charge is 0.396 e. The zero-order valence-electron chi connectivity index (χ0n) is 10.7. The van der Waals surface area contributed by atoms with Crippen LogP contribution in [0.3, 0.4) is 0 Å². The third-order valence-corrected chi connectivity index (χ3v) is 2.66. The minimum absolute atomic E-state index is 0.0776. The van der Waals surface area contributed by atoms with Crippen LogP contribution in [0.1, 0.15) is 30.6 Å². The fraction of sp³-hybridized carbons (Fsp3) is 0.583. The van der Waals surface area contributed by atoms with Gasteiger partial charge in [0.1, 0.15) is 0 Å². The second-order valence-corrected chi connectivity index (χ2v) is 4.24. The first-order chi connectivity index (χ1) is 8.58. The third kappa shape index (κ3) is 3.96. The lowest BCUT2D eigenvalue weighted by Crippen LogP contribution is -2.34. The van der Waals surface area contributed by atoms with E-state index in [2.05, 4.69) is 10.4 Å². The molecule has 0 aliphatic carbocycles. The maximum Gasteiger partial charge on any atom is 0.292 e. The second kappa shape index (κ2) is 6.90. The Morgan fingerprint density at radius 2 is 2.28 bits per heavy atom. The summed E-state index contributed by atoms with van der Waals surface area (Å²) >= 11 is 0. The Labute approximate surface area is 106 Å². The predicted octanol–water partition coefficient (Wildman–Crippen LogP) is 0.220. The minimum Gasteiger partial charge on any atom is -0.396 e. The fourth-order valence-electron chi connectivity index (χ4n) is 1.45. The van der Waals surface area contributed by atoms with Crippen molar-refractivity contribution in [2.45, 2.75) is 26.8 Å². The lowest BCUT2D eigenvalue weighted by atomic mass is 10.1. The van der Waals surface area contributed by atoms with Crippen molar-refractivity contribution >= 4 is 11.7 Å². The molecule has 1 heterocycles. The van der Waals surface area contributed by atoms with Crippen LogP contribution in [0.5, 0.6) is 0 Å². The first kappa shape index (κ1) is 14.4. The summed E-state index contributed by atoms with van der Waals surface area (Å²) in [6.45, 7) is 4.91. The zero-order chi connectivity index (χ0) is 13.5. The number of aromatic nitrogens is 2. The molecule has 0 aliphatic rings. The maximum absolute atomic E-state index is 11.7. The molecule has 1 aromatic heterocycles. The number of nitrogens with one attached hydrogen (secondary N) is 1. The quantitative estimate of drug-likeness (QED) is 0.538. The van der Waals surface area contributed by atoms with Gasteiger partial charge in [-0.05, 0) is 19.3 Å². The molecule has 6 nitrogen and oxygen atoms in total. The van der Waals surface area contributed by atoms with Crippen LogP contribution < -0.4 is 5.32 Å². The molecule has 2 N–H and O–H groups in total. The van der Waals surface area contributed by atoms with E-state index in [-0.39, 0.29) is 12.5 Å². The van der Waals surface area contributed by atoms with Gasteiger partial charge in [0.05, 0.1) is 11.8 Å². The van der Waals surface area contributed by atoms with Gasteiger partial charge in [-0.3, -0.25) is 14.3 Å². The summed E-state index contributed by atoms with van der Waals surface area (Å²) in [6.07, 6.45) is 3.55. The van der Waals surface area contributed by atoms with Crippen molar-refractivity contribution < 1.29 is 14.7 Å². The number of aryl methyl sites for hydroxylation is 1. The van der Waals surface area contributed by atoms with Gasteiger partial charge >= 0.3 is 0 Å². The molecule has 6 heteroatoms. The normalized spacial score (nSPS) is 12.2. The molecular weight excluding hydrogens is 234 g/mol. The van der Waals surface area contributed by atoms with Gasteiger partial charge in [-0.25, -0.2) is 0 Å². The minimum atomic E-state index is -0.629. The van der Waals surface area contributed by atoms with Crippen LogP contribution in [0.25, 0.3) is 0 Å². The van der Waals surface area contributed by atoms with Crippen LogP contribution in [-0.2, 0) is 11.3 Å². The van der Waals surface area contributed by atoms with Gasteiger partial charge in [-0.15, -0.1) is 0 Å². The number of hydrogen-bond acceptors (Lipinski definition) is 4. The van der Waals surface area contributed by atoms with E-state index in [1.165, 1.54) is 6.20 Å². The molecule has 1 unspecified atom stereocenters. The molecule has 0 aromatic carbocycles. The zero-order valence-corrected chi connectivity index (χ0v) is 10.7. The summed E-state index contributed by atoms with van der Waals surface area (Å²) in [4.78, 5) is 23.3. The molecule has 0 saturated carbocycles. The molecule has 0 radical (unpaired) electrons. The van der Waals surface area contributed by atoms with Crippen molar-refractivity contribution in [1.82, 2.24) is 15.1 Å². The number of nitrogens with zero attached hydrogens (tertiary/aromatic N) is 2. The van der Waals surface area contributed by atoms with Crippen molar-refractivity contribution in [3.63, 3.8) is 0 Å². The summed E-state index contributed by atoms with van der Waals surface area (Å²) in [5, 5.41) is 15.2. The molecule has 0 saturated heterocycles. The van der Waals surface area contributed by atoms with Crippen LogP contribution in [0.4, 0.5) is 0 Å². The molecule has 18 heavy (non-hydrogen) atoms. The summed E-state index contributed by atoms with van der Waals surface area (Å²) in [7, 11) is 0. The molecule has 1 amide bonds. The fourth-order valence-corrected chi connectivity index (χ4v) is 1.45. The highest BCUT2D eigenvalue weighted by molar-refractivity contribution is 6.42. The Morgan fingerprint density at radius 1 is 1.56 bits per heavy atom. The molecule has 1 rings (SSSR count). The number of carbonyl (C=O) groups is 2. The van der Waals surface area contributed by atoms with Crippen molar-refractivity contribution in [2.24, 2.45) is 5.92 Å². The lowest BCUT2D eigenvalue weighted by Gasteiger charge is -2.09. The predicted molar refractivity (Wildman–Crippen MR) is 66.1 cm³/mol. The monoisotopic (exact) mass is 253 g/mol. The van der Waals surface area contributed by atoms with Crippen LogP contribution in [0, 0.1) is 5.92 Å². The van der Waals surface area contributed by atoms with E-state index >= 15 is 0 Å². The van der Waals surface area contributed by atoms with Crippen LogP contribution in [0.2, 0.25) is 0 Å². The summed E-state index contributed by atoms with van der Waals surface area (Å²) in [6, 6.07) is 0. The number of aliphatic hydroxyl groups is 1. The Bertz CT molecular complexity index is 414. The summed E-state index contributed by atoms with van der Waals surface area (Å²) < 4.78 is 1.59. The van der Waals surface area contributed by atoms with Gasteiger partial charge < -0.3 is 10.4 Å². The summed E-state index contributed by atoms with van der Waals surface area (Å²) in [5.74, 6) is -1.06. The number of amides is 1. The number of ketones is 1. The van der Waals surface area contributed by atoms with E-state index < -0.39 is 11.7 Å². The van der Waals surface area contributed by atoms with E-state index in [1.54, 1.807) is 10.9 Å². The highest BCUT2D eigenvalue weighted by atomic mass is 16.3. The highest BCUT2D eigenvalue weighted by Gasteiger charge is 2.18. The number of carbonyl (C=O) groups excluding carboxylic acids is 2. The van der Waals surface area contributed by atoms with Crippen molar-refractivity contribution in [3.05, 3.63) is 18.0 Å². The molecule has 1 aromatic rings. The average Bonchev–Trinajstić information content (AvgIpc) is 2.84. The van der Waals surface area contributed by atoms with Crippen molar-refractivity contribution in [1.29, 1.82) is 0 Å². The van der Waals surface area contributed by atoms with E-state index in [0.29, 0.717) is 25.1 Å². The second-order valence-electron chi connectivity index (χ2n) is 4.24. The van der Waals surface area contributed by atoms with E-state index in [4.69, 9.17) is 5.11 Å². The molecule has 0 aliphatic heterocycles. The number of hydrogen-bond donors (Lipinski definition) is 2. The molecule has 0 bridgehead atoms. The van der Waals surface area contributed by atoms with E-state index in [1.807, 2.05) is 13.8 Å². The smallest absolute Gasteiger partial charge is 0.292 e. The first-order valence-corrected chi connectivity index (χ1v) is 6.04. The Kier molecular flexibility index (Phi) is 5.51. The van der Waals surface area contributed by atoms with Crippen molar-refractivity contribution in [3.8, 4) is 0 Å². The van der Waals surface area contributed by atoms with Crippen LogP contribution >= 0.6 is 0 Å². The number of Topliss-reactive ketones (excluding diaryl/α,β-unsaturated/α-hetero) is 1. The maximum atomic E-state index is 11.7. The highest BCUT2D eigenvalue weighted by Crippen LogP contribution is 2.01. The van der Waals surface area contributed by atoms with Gasteiger partial charge in [0, 0.05) is 25.9 Å². The van der Waals surface area contributed by atoms with Gasteiger partial charge in [0.2, 0.25) is 0 Å². The van der Waals surface area contributed by atoms with E-state index in [0.717, 1.165) is 0 Å². The third-order valence-electron chi connectivity index (χ3n) is 2.66. The molecule has 1 atom stereocenters. The van der Waals surface area contributed by atoms with Gasteiger partial charge in [0.25, 0.3) is 11.7 Å². The Morgan fingerprint density at radius 3 is 2.83 bits per heavy atom. The lowest BCUT2D eigenvalue weighted by molar-refractivity contribution is -0.117. The van der Waals surface area contributed by atoms with Gasteiger partial charge in [-0.1, -0.05) is 6.92 Å².